The van der Waals surface area contributed by atoms with E-state index in [9.17, 15) is 0 Å². The molecule has 0 radical (unpaired) electrons. The van der Waals surface area contributed by atoms with Crippen LogP contribution in [0.5, 0.6) is 0 Å². The van der Waals surface area contributed by atoms with Gasteiger partial charge in [-0.15, -0.1) is 0 Å². The van der Waals surface area contributed by atoms with Crippen LogP contribution in [-0.4, -0.2) is 37.7 Å². The molecule has 0 aliphatic rings. The van der Waals surface area contributed by atoms with Crippen molar-refractivity contribution in [2.24, 2.45) is 4.99 Å². The fraction of sp³-hybridized carbons (Fsp3) is 0.412. The van der Waals surface area contributed by atoms with Crippen LogP contribution in [0.3, 0.4) is 0 Å². The van der Waals surface area contributed by atoms with Crippen LogP contribution >= 0.6 is 0 Å². The van der Waals surface area contributed by atoms with E-state index in [0.717, 1.165) is 11.3 Å². The lowest BCUT2D eigenvalue weighted by Crippen LogP contribution is -2.43. The normalized spacial score (nSPS) is 13.0. The highest BCUT2D eigenvalue weighted by Gasteiger charge is 2.08. The van der Waals surface area contributed by atoms with Gasteiger partial charge in [-0.05, 0) is 26.0 Å². The van der Waals surface area contributed by atoms with Gasteiger partial charge in [0.2, 0.25) is 5.89 Å². The zero-order chi connectivity index (χ0) is 16.7. The summed E-state index contributed by atoms with van der Waals surface area (Å²) in [6.07, 6.45) is 1.66. The lowest BCUT2D eigenvalue weighted by Gasteiger charge is -2.16. The molecule has 0 spiro atoms. The number of methoxy groups -OCH3 is 1. The Bertz CT molecular complexity index is 634. The number of oxazole rings is 1. The number of aliphatic imine (C=N–C) groups is 1. The summed E-state index contributed by atoms with van der Waals surface area (Å²) in [7, 11) is 3.41. The van der Waals surface area contributed by atoms with Gasteiger partial charge in [0.15, 0.2) is 5.96 Å². The molecule has 2 aromatic rings. The van der Waals surface area contributed by atoms with Gasteiger partial charge in [-0.3, -0.25) is 4.99 Å². The number of rotatable bonds is 6. The summed E-state index contributed by atoms with van der Waals surface area (Å²) in [6, 6.07) is 8.27. The minimum absolute atomic E-state index is 0.173. The maximum Gasteiger partial charge on any atom is 0.226 e. The monoisotopic (exact) mass is 316 g/mol. The van der Waals surface area contributed by atoms with Crippen LogP contribution in [0.25, 0.3) is 11.5 Å². The molecule has 6 nitrogen and oxygen atoms in total. The molecule has 6 heteroatoms. The summed E-state index contributed by atoms with van der Waals surface area (Å²) in [5.41, 5.74) is 3.00. The van der Waals surface area contributed by atoms with E-state index in [1.54, 1.807) is 20.4 Å². The number of aryl methyl sites for hydroxylation is 1. The molecule has 2 rings (SSSR count). The smallest absolute Gasteiger partial charge is 0.226 e. The molecular formula is C17H24N4O2. The van der Waals surface area contributed by atoms with Crippen LogP contribution in [0.2, 0.25) is 0 Å². The van der Waals surface area contributed by atoms with Gasteiger partial charge in [-0.2, -0.15) is 0 Å². The summed E-state index contributed by atoms with van der Waals surface area (Å²) >= 11 is 0. The zero-order valence-electron chi connectivity index (χ0n) is 14.1. The molecule has 0 amide bonds. The molecule has 2 N–H and O–H groups in total. The Morgan fingerprint density at radius 2 is 2.09 bits per heavy atom. The van der Waals surface area contributed by atoms with Crippen LogP contribution < -0.4 is 10.6 Å². The first-order chi connectivity index (χ1) is 11.1. The number of hydrogen-bond donors (Lipinski definition) is 2. The van der Waals surface area contributed by atoms with Gasteiger partial charge in [-0.25, -0.2) is 4.98 Å². The van der Waals surface area contributed by atoms with Crippen molar-refractivity contribution in [3.8, 4) is 11.5 Å². The van der Waals surface area contributed by atoms with Crippen LogP contribution in [0.1, 0.15) is 18.2 Å². The Kier molecular flexibility index (Phi) is 6.17. The molecule has 124 valence electrons. The number of nitrogens with one attached hydrogen (secondary N) is 2. The minimum atomic E-state index is 0.173. The molecule has 23 heavy (non-hydrogen) atoms. The number of ether oxygens (including phenoxy) is 1. The molecule has 1 aromatic carbocycles. The maximum absolute atomic E-state index is 5.54. The first-order valence-corrected chi connectivity index (χ1v) is 7.60. The molecule has 1 unspecified atom stereocenters. The van der Waals surface area contributed by atoms with E-state index < -0.39 is 0 Å². The Balaban J connectivity index is 1.92. The maximum atomic E-state index is 5.54. The van der Waals surface area contributed by atoms with Crippen LogP contribution in [-0.2, 0) is 11.3 Å². The van der Waals surface area contributed by atoms with Crippen LogP contribution in [0, 0.1) is 6.92 Å². The summed E-state index contributed by atoms with van der Waals surface area (Å²) < 4.78 is 10.6. The van der Waals surface area contributed by atoms with Gasteiger partial charge >= 0.3 is 0 Å². The molecular weight excluding hydrogens is 292 g/mol. The molecule has 1 aromatic heterocycles. The van der Waals surface area contributed by atoms with E-state index >= 15 is 0 Å². The lowest BCUT2D eigenvalue weighted by molar-refractivity contribution is 0.179. The van der Waals surface area contributed by atoms with Gasteiger partial charge in [0.25, 0.3) is 0 Å². The van der Waals surface area contributed by atoms with Gasteiger partial charge < -0.3 is 19.8 Å². The van der Waals surface area contributed by atoms with Crippen LogP contribution in [0.15, 0.2) is 39.9 Å². The average Bonchev–Trinajstić information content (AvgIpc) is 3.01. The fourth-order valence-electron chi connectivity index (χ4n) is 2.11. The SMILES string of the molecule is CN=C(NCc1coc(-c2ccc(C)cc2)n1)NC(C)COC. The minimum Gasteiger partial charge on any atom is -0.444 e. The number of nitrogens with zero attached hydrogens (tertiary/aromatic N) is 2. The quantitative estimate of drug-likeness (QED) is 0.632. The summed E-state index contributed by atoms with van der Waals surface area (Å²) in [5, 5.41) is 6.45. The van der Waals surface area contributed by atoms with Crippen molar-refractivity contribution in [2.45, 2.75) is 26.4 Å². The number of guanidine groups is 1. The van der Waals surface area contributed by atoms with Crippen molar-refractivity contribution in [3.63, 3.8) is 0 Å². The number of benzene rings is 1. The zero-order valence-corrected chi connectivity index (χ0v) is 14.1. The molecule has 1 atom stereocenters. The third kappa shape index (κ3) is 5.10. The van der Waals surface area contributed by atoms with E-state index in [4.69, 9.17) is 9.15 Å². The average molecular weight is 316 g/mol. The Hall–Kier alpha value is -2.34. The predicted octanol–water partition coefficient (Wildman–Crippen LogP) is 2.35. The molecule has 1 heterocycles. The van der Waals surface area contributed by atoms with Crippen LogP contribution in [0.4, 0.5) is 0 Å². The van der Waals surface area contributed by atoms with Gasteiger partial charge in [0.05, 0.1) is 18.8 Å². The van der Waals surface area contributed by atoms with Crippen molar-refractivity contribution < 1.29 is 9.15 Å². The van der Waals surface area contributed by atoms with E-state index in [1.165, 1.54) is 5.56 Å². The van der Waals surface area contributed by atoms with E-state index in [-0.39, 0.29) is 6.04 Å². The molecule has 0 bridgehead atoms. The summed E-state index contributed by atoms with van der Waals surface area (Å²) in [6.45, 7) is 5.23. The van der Waals surface area contributed by atoms with Gasteiger partial charge in [0, 0.05) is 25.8 Å². The number of aromatic nitrogens is 1. The van der Waals surface area contributed by atoms with Crippen molar-refractivity contribution in [1.82, 2.24) is 15.6 Å². The molecule has 0 saturated carbocycles. The van der Waals surface area contributed by atoms with Gasteiger partial charge in [0.1, 0.15) is 6.26 Å². The summed E-state index contributed by atoms with van der Waals surface area (Å²) in [4.78, 5) is 8.68. The second-order valence-corrected chi connectivity index (χ2v) is 5.44. The number of hydrogen-bond acceptors (Lipinski definition) is 4. The van der Waals surface area contributed by atoms with E-state index in [0.29, 0.717) is 25.0 Å². The second kappa shape index (κ2) is 8.33. The van der Waals surface area contributed by atoms with Crippen molar-refractivity contribution in [1.29, 1.82) is 0 Å². The fourth-order valence-corrected chi connectivity index (χ4v) is 2.11. The largest absolute Gasteiger partial charge is 0.444 e. The Labute approximate surface area is 137 Å². The summed E-state index contributed by atoms with van der Waals surface area (Å²) in [5.74, 6) is 1.33. The molecule has 0 aliphatic heterocycles. The Morgan fingerprint density at radius 1 is 1.35 bits per heavy atom. The first-order valence-electron chi connectivity index (χ1n) is 7.60. The highest BCUT2D eigenvalue weighted by Crippen LogP contribution is 2.18. The van der Waals surface area contributed by atoms with E-state index in [2.05, 4.69) is 27.5 Å². The van der Waals surface area contributed by atoms with Crippen molar-refractivity contribution >= 4 is 5.96 Å². The molecule has 0 saturated heterocycles. The Morgan fingerprint density at radius 3 is 2.74 bits per heavy atom. The molecule has 0 fully saturated rings. The van der Waals surface area contributed by atoms with E-state index in [1.807, 2.05) is 31.2 Å². The van der Waals surface area contributed by atoms with Crippen molar-refractivity contribution in [2.75, 3.05) is 20.8 Å². The highest BCUT2D eigenvalue weighted by atomic mass is 16.5. The standard InChI is InChI=1S/C17H24N4O2/c1-12-5-7-14(8-6-12)16-21-15(11-23-16)9-19-17(18-3)20-13(2)10-22-4/h5-8,11,13H,9-10H2,1-4H3,(H2,18,19,20). The highest BCUT2D eigenvalue weighted by molar-refractivity contribution is 5.79. The third-order valence-corrected chi connectivity index (χ3v) is 3.31. The second-order valence-electron chi connectivity index (χ2n) is 5.44. The van der Waals surface area contributed by atoms with Crippen molar-refractivity contribution in [3.05, 3.63) is 41.8 Å². The first kappa shape index (κ1) is 17.0. The lowest BCUT2D eigenvalue weighted by atomic mass is 10.1. The predicted molar refractivity (Wildman–Crippen MR) is 91.3 cm³/mol. The topological polar surface area (TPSA) is 71.7 Å². The molecule has 0 aliphatic carbocycles. The third-order valence-electron chi connectivity index (χ3n) is 3.31. The van der Waals surface area contributed by atoms with Gasteiger partial charge in [-0.1, -0.05) is 17.7 Å².